The Labute approximate surface area is 134 Å². The van der Waals surface area contributed by atoms with Crippen molar-refractivity contribution < 1.29 is 32.0 Å². The summed E-state index contributed by atoms with van der Waals surface area (Å²) in [5.74, 6) is -1.12. The van der Waals surface area contributed by atoms with Gasteiger partial charge in [0.05, 0.1) is 11.1 Å². The fourth-order valence-corrected chi connectivity index (χ4v) is 1.76. The van der Waals surface area contributed by atoms with Gasteiger partial charge in [-0.1, -0.05) is 11.2 Å². The second-order valence-electron chi connectivity index (χ2n) is 4.94. The van der Waals surface area contributed by atoms with Crippen LogP contribution in [0.25, 0.3) is 0 Å². The van der Waals surface area contributed by atoms with Crippen molar-refractivity contribution in [2.75, 3.05) is 5.32 Å². The first kappa shape index (κ1) is 17.5. The number of carbonyl (C=O) groups is 2. The van der Waals surface area contributed by atoms with Gasteiger partial charge >= 0.3 is 12.1 Å². The average molecular weight is 342 g/mol. The number of carbonyl (C=O) groups excluding carboxylic acids is 2. The third-order valence-electron chi connectivity index (χ3n) is 2.96. The van der Waals surface area contributed by atoms with Crippen LogP contribution >= 0.6 is 0 Å². The number of alkyl halides is 3. The molecule has 0 saturated carbocycles. The molecule has 2 aromatic rings. The maximum atomic E-state index is 12.6. The van der Waals surface area contributed by atoms with Crippen molar-refractivity contribution in [1.82, 2.24) is 5.16 Å². The van der Waals surface area contributed by atoms with Crippen LogP contribution in [0.5, 0.6) is 0 Å². The van der Waals surface area contributed by atoms with Crippen LogP contribution in [-0.4, -0.2) is 23.1 Å². The summed E-state index contributed by atoms with van der Waals surface area (Å²) in [7, 11) is 0. The number of ether oxygens (including phenoxy) is 1. The number of aryl methyl sites for hydroxylation is 1. The zero-order chi connectivity index (χ0) is 17.9. The number of benzene rings is 1. The number of nitrogens with zero attached hydrogens (tertiary/aromatic N) is 1. The smallest absolute Gasteiger partial charge is 0.416 e. The van der Waals surface area contributed by atoms with Gasteiger partial charge in [-0.05, 0) is 32.0 Å². The molecular weight excluding hydrogens is 329 g/mol. The zero-order valence-corrected chi connectivity index (χ0v) is 12.7. The predicted octanol–water partition coefficient (Wildman–Crippen LogP) is 3.19. The molecule has 128 valence electrons. The van der Waals surface area contributed by atoms with Crippen LogP contribution < -0.4 is 5.32 Å². The maximum absolute atomic E-state index is 12.6. The summed E-state index contributed by atoms with van der Waals surface area (Å²) in [6.45, 7) is 2.91. The minimum atomic E-state index is -4.58. The molecule has 1 heterocycles. The molecule has 0 fully saturated rings. The zero-order valence-electron chi connectivity index (χ0n) is 12.7. The first-order valence-corrected chi connectivity index (χ1v) is 6.79. The standard InChI is InChI=1S/C15H13F3N2O4/c1-8-6-12(20-24-8)19-13(21)9(2)23-14(22)10-4-3-5-11(7-10)15(16,17)18/h3-7,9H,1-2H3,(H,19,20,21). The van der Waals surface area contributed by atoms with Crippen molar-refractivity contribution in [1.29, 1.82) is 0 Å². The topological polar surface area (TPSA) is 81.4 Å². The van der Waals surface area contributed by atoms with E-state index < -0.39 is 29.7 Å². The van der Waals surface area contributed by atoms with Crippen LogP contribution in [0.3, 0.4) is 0 Å². The molecule has 1 atom stereocenters. The Morgan fingerprint density at radius 1 is 1.29 bits per heavy atom. The molecule has 0 aliphatic rings. The van der Waals surface area contributed by atoms with Gasteiger partial charge in [0.1, 0.15) is 5.76 Å². The van der Waals surface area contributed by atoms with Crippen LogP contribution in [-0.2, 0) is 15.7 Å². The van der Waals surface area contributed by atoms with E-state index in [-0.39, 0.29) is 11.4 Å². The largest absolute Gasteiger partial charge is 0.449 e. The molecule has 1 N–H and O–H groups in total. The van der Waals surface area contributed by atoms with E-state index in [1.54, 1.807) is 6.92 Å². The van der Waals surface area contributed by atoms with Crippen molar-refractivity contribution in [2.24, 2.45) is 0 Å². The minimum absolute atomic E-state index is 0.138. The Morgan fingerprint density at radius 2 is 2.00 bits per heavy atom. The van der Waals surface area contributed by atoms with Gasteiger partial charge in [0.2, 0.25) is 0 Å². The first-order chi connectivity index (χ1) is 11.2. The normalized spacial score (nSPS) is 12.5. The number of halogens is 3. The number of aromatic nitrogens is 1. The summed E-state index contributed by atoms with van der Waals surface area (Å²) in [6.07, 6.45) is -5.81. The molecule has 0 spiro atoms. The van der Waals surface area contributed by atoms with Gasteiger partial charge in [-0.2, -0.15) is 13.2 Å². The monoisotopic (exact) mass is 342 g/mol. The molecule has 1 amide bonds. The van der Waals surface area contributed by atoms with Crippen LogP contribution in [0.1, 0.15) is 28.6 Å². The lowest BCUT2D eigenvalue weighted by Gasteiger charge is -2.13. The molecular formula is C15H13F3N2O4. The van der Waals surface area contributed by atoms with E-state index >= 15 is 0 Å². The SMILES string of the molecule is Cc1cc(NC(=O)C(C)OC(=O)c2cccc(C(F)(F)F)c2)no1. The molecule has 0 aliphatic heterocycles. The third-order valence-corrected chi connectivity index (χ3v) is 2.96. The van der Waals surface area contributed by atoms with Crippen molar-refractivity contribution in [3.8, 4) is 0 Å². The Balaban J connectivity index is 2.02. The molecule has 24 heavy (non-hydrogen) atoms. The van der Waals surface area contributed by atoms with Crippen molar-refractivity contribution in [3.63, 3.8) is 0 Å². The Hall–Kier alpha value is -2.84. The van der Waals surface area contributed by atoms with Crippen molar-refractivity contribution in [3.05, 3.63) is 47.2 Å². The summed E-state index contributed by atoms with van der Waals surface area (Å²) in [4.78, 5) is 23.8. The number of hydrogen-bond acceptors (Lipinski definition) is 5. The van der Waals surface area contributed by atoms with Crippen LogP contribution in [0.4, 0.5) is 19.0 Å². The highest BCUT2D eigenvalue weighted by Gasteiger charge is 2.31. The number of amides is 1. The Kier molecular flexibility index (Phi) is 4.91. The average Bonchev–Trinajstić information content (AvgIpc) is 2.91. The van der Waals surface area contributed by atoms with Crippen molar-refractivity contribution in [2.45, 2.75) is 26.1 Å². The van der Waals surface area contributed by atoms with Gasteiger partial charge in [-0.3, -0.25) is 4.79 Å². The Morgan fingerprint density at radius 3 is 2.58 bits per heavy atom. The molecule has 0 radical (unpaired) electrons. The third kappa shape index (κ3) is 4.34. The van der Waals surface area contributed by atoms with E-state index in [2.05, 4.69) is 10.5 Å². The molecule has 6 nitrogen and oxygen atoms in total. The van der Waals surface area contributed by atoms with Crippen LogP contribution in [0.2, 0.25) is 0 Å². The van der Waals surface area contributed by atoms with Gasteiger partial charge in [-0.25, -0.2) is 4.79 Å². The predicted molar refractivity (Wildman–Crippen MR) is 76.2 cm³/mol. The number of rotatable bonds is 4. The van der Waals surface area contributed by atoms with E-state index in [0.29, 0.717) is 11.8 Å². The van der Waals surface area contributed by atoms with E-state index in [4.69, 9.17) is 9.26 Å². The van der Waals surface area contributed by atoms with Crippen LogP contribution in [0, 0.1) is 6.92 Å². The second kappa shape index (κ2) is 6.73. The highest BCUT2D eigenvalue weighted by molar-refractivity contribution is 5.96. The molecule has 1 aromatic heterocycles. The van der Waals surface area contributed by atoms with Gasteiger partial charge in [0, 0.05) is 6.07 Å². The summed E-state index contributed by atoms with van der Waals surface area (Å²) in [5, 5.41) is 5.90. The molecule has 0 saturated heterocycles. The number of hydrogen-bond donors (Lipinski definition) is 1. The van der Waals surface area contributed by atoms with Gasteiger partial charge in [-0.15, -0.1) is 0 Å². The summed E-state index contributed by atoms with van der Waals surface area (Å²) < 4.78 is 47.5. The van der Waals surface area contributed by atoms with E-state index in [9.17, 15) is 22.8 Å². The minimum Gasteiger partial charge on any atom is -0.449 e. The second-order valence-corrected chi connectivity index (χ2v) is 4.94. The lowest BCUT2D eigenvalue weighted by Crippen LogP contribution is -2.30. The lowest BCUT2D eigenvalue weighted by molar-refractivity contribution is -0.137. The van der Waals surface area contributed by atoms with Crippen molar-refractivity contribution >= 4 is 17.7 Å². The summed E-state index contributed by atoms with van der Waals surface area (Å²) >= 11 is 0. The van der Waals surface area contributed by atoms with Gasteiger partial charge < -0.3 is 14.6 Å². The van der Waals surface area contributed by atoms with E-state index in [1.165, 1.54) is 19.1 Å². The fourth-order valence-electron chi connectivity index (χ4n) is 1.76. The highest BCUT2D eigenvalue weighted by atomic mass is 19.4. The first-order valence-electron chi connectivity index (χ1n) is 6.79. The van der Waals surface area contributed by atoms with E-state index in [0.717, 1.165) is 12.1 Å². The quantitative estimate of drug-likeness (QED) is 0.863. The molecule has 0 aliphatic carbocycles. The summed E-state index contributed by atoms with van der Waals surface area (Å²) in [6, 6.07) is 5.21. The highest BCUT2D eigenvalue weighted by Crippen LogP contribution is 2.29. The molecule has 1 aromatic carbocycles. The molecule has 2 rings (SSSR count). The fraction of sp³-hybridized carbons (Fsp3) is 0.267. The molecule has 0 bridgehead atoms. The molecule has 9 heteroatoms. The number of esters is 1. The number of nitrogens with one attached hydrogen (secondary N) is 1. The summed E-state index contributed by atoms with van der Waals surface area (Å²) in [5.41, 5.74) is -1.28. The van der Waals surface area contributed by atoms with Gasteiger partial charge in [0.25, 0.3) is 5.91 Å². The number of anilines is 1. The molecule has 1 unspecified atom stereocenters. The lowest BCUT2D eigenvalue weighted by atomic mass is 10.1. The van der Waals surface area contributed by atoms with Gasteiger partial charge in [0.15, 0.2) is 11.9 Å². The van der Waals surface area contributed by atoms with E-state index in [1.807, 2.05) is 0 Å². The maximum Gasteiger partial charge on any atom is 0.416 e. The Bertz CT molecular complexity index is 755. The van der Waals surface area contributed by atoms with Crippen LogP contribution in [0.15, 0.2) is 34.9 Å².